The van der Waals surface area contributed by atoms with E-state index in [1.807, 2.05) is 54.6 Å². The van der Waals surface area contributed by atoms with E-state index < -0.39 is 29.7 Å². The largest absolute Gasteiger partial charge is 0.494 e. The Hall–Kier alpha value is -6.87. The highest BCUT2D eigenvalue weighted by Crippen LogP contribution is 2.36. The van der Waals surface area contributed by atoms with Crippen LogP contribution in [-0.2, 0) is 33.4 Å². The second kappa shape index (κ2) is 24.1. The maximum Gasteiger partial charge on any atom is 0.330 e. The molecular weight excluding hydrogens is 875 g/mol. The predicted molar refractivity (Wildman–Crippen MR) is 254 cm³/mol. The molecule has 67 heavy (non-hydrogen) atoms. The van der Waals surface area contributed by atoms with Crippen LogP contribution in [0.5, 0.6) is 23.0 Å². The average Bonchev–Trinajstić information content (AvgIpc) is 3.80. The lowest BCUT2D eigenvalue weighted by Crippen LogP contribution is -2.30. The third-order valence-corrected chi connectivity index (χ3v) is 12.9. The summed E-state index contributed by atoms with van der Waals surface area (Å²) >= 11 is 1.48. The van der Waals surface area contributed by atoms with E-state index in [0.717, 1.165) is 47.7 Å². The number of methoxy groups -OCH3 is 1. The van der Waals surface area contributed by atoms with E-state index in [-0.39, 0.29) is 35.3 Å². The van der Waals surface area contributed by atoms with Crippen molar-refractivity contribution >= 4 is 68.4 Å². The number of rotatable bonds is 20. The molecule has 0 atom stereocenters. The van der Waals surface area contributed by atoms with E-state index in [0.29, 0.717) is 86.8 Å². The number of anilines is 2. The summed E-state index contributed by atoms with van der Waals surface area (Å²) in [6.45, 7) is 4.30. The summed E-state index contributed by atoms with van der Waals surface area (Å²) in [5.41, 5.74) is 1.98. The number of unbranched alkanes of at least 4 members (excludes halogenated alkanes) is 3. The first kappa shape index (κ1) is 48.1. The zero-order valence-electron chi connectivity index (χ0n) is 37.5. The van der Waals surface area contributed by atoms with Crippen LogP contribution in [0, 0.1) is 23.7 Å². The molecule has 2 fully saturated rings. The highest BCUT2D eigenvalue weighted by molar-refractivity contribution is 7.22. The van der Waals surface area contributed by atoms with E-state index >= 15 is 0 Å². The number of thiazole rings is 1. The number of esters is 5. The van der Waals surface area contributed by atoms with Gasteiger partial charge in [-0.2, -0.15) is 5.10 Å². The Labute approximate surface area is 393 Å². The molecule has 7 rings (SSSR count). The van der Waals surface area contributed by atoms with Crippen LogP contribution < -0.4 is 24.0 Å². The normalized spacial score (nSPS) is 18.1. The highest BCUT2D eigenvalue weighted by Gasteiger charge is 2.34. The Morgan fingerprint density at radius 3 is 1.84 bits per heavy atom. The fourth-order valence-corrected chi connectivity index (χ4v) is 9.06. The minimum atomic E-state index is -0.433. The molecule has 0 spiro atoms. The van der Waals surface area contributed by atoms with Crippen molar-refractivity contribution in [2.45, 2.75) is 77.0 Å². The fourth-order valence-electron chi connectivity index (χ4n) is 8.12. The van der Waals surface area contributed by atoms with E-state index in [9.17, 15) is 24.0 Å². The number of nitrogens with zero attached hydrogens (tertiary/aromatic N) is 3. The predicted octanol–water partition coefficient (Wildman–Crippen LogP) is 10.3. The van der Waals surface area contributed by atoms with Crippen molar-refractivity contribution in [3.8, 4) is 23.0 Å². The number of fused-ring (bicyclic) bond motifs is 1. The van der Waals surface area contributed by atoms with Crippen LogP contribution in [0.25, 0.3) is 10.2 Å². The first-order valence-corrected chi connectivity index (χ1v) is 23.6. The maximum absolute atomic E-state index is 13.6. The van der Waals surface area contributed by atoms with Gasteiger partial charge in [0.05, 0.1) is 66.1 Å². The topological polar surface area (TPSA) is 169 Å². The zero-order valence-corrected chi connectivity index (χ0v) is 38.4. The summed E-state index contributed by atoms with van der Waals surface area (Å²) in [5.74, 6) is -1.75. The number of hydrogen-bond acceptors (Lipinski definition) is 15. The van der Waals surface area contributed by atoms with Crippen LogP contribution >= 0.6 is 11.3 Å². The number of ether oxygens (including phenoxy) is 6. The summed E-state index contributed by atoms with van der Waals surface area (Å²) in [5, 5.41) is 7.19. The molecule has 350 valence electrons. The number of hydrazone groups is 1. The molecule has 0 radical (unpaired) electrons. The smallest absolute Gasteiger partial charge is 0.330 e. The summed E-state index contributed by atoms with van der Waals surface area (Å²) in [7, 11) is 1.37. The van der Waals surface area contributed by atoms with Crippen molar-refractivity contribution in [1.82, 2.24) is 4.98 Å². The van der Waals surface area contributed by atoms with Gasteiger partial charge in [0, 0.05) is 11.6 Å². The minimum Gasteiger partial charge on any atom is -0.494 e. The first-order valence-electron chi connectivity index (χ1n) is 22.8. The second-order valence-electron chi connectivity index (χ2n) is 16.5. The van der Waals surface area contributed by atoms with Crippen molar-refractivity contribution in [3.63, 3.8) is 0 Å². The van der Waals surface area contributed by atoms with E-state index in [1.165, 1.54) is 18.4 Å². The highest BCUT2D eigenvalue weighted by atomic mass is 32.1. The monoisotopic (exact) mass is 929 g/mol. The molecule has 1 heterocycles. The molecule has 0 aliphatic heterocycles. The van der Waals surface area contributed by atoms with Crippen molar-refractivity contribution in [2.24, 2.45) is 28.8 Å². The van der Waals surface area contributed by atoms with Gasteiger partial charge in [0.1, 0.15) is 23.0 Å². The van der Waals surface area contributed by atoms with E-state index in [4.69, 9.17) is 38.5 Å². The molecule has 5 aromatic rings. The van der Waals surface area contributed by atoms with E-state index in [1.54, 1.807) is 53.7 Å². The maximum atomic E-state index is 13.6. The van der Waals surface area contributed by atoms with E-state index in [2.05, 4.69) is 6.58 Å². The molecule has 2 aliphatic rings. The minimum absolute atomic E-state index is 0.233. The van der Waals surface area contributed by atoms with Crippen LogP contribution in [0.3, 0.4) is 0 Å². The van der Waals surface area contributed by atoms with Crippen molar-refractivity contribution in [2.75, 3.05) is 25.3 Å². The standard InChI is InChI=1S/C52H55N3O11S/c1-3-47(56)63-32-12-5-4-11-31-62-41-25-27-42(28-26-41)64-49(58)36-21-23-37(24-22-36)50(59)65-43-29-30-45(66-51(60)38-19-17-35(18-20-38)48(57)61-2)39(33-43)34-53-55(40-13-7-6-8-14-40)52-54-44-15-9-10-16-46(44)67-52/h3,6-10,13-16,25-30,33-38H,1,4-5,11-12,17-24,31-32H2,2H3. The first-order chi connectivity index (χ1) is 32.7. The summed E-state index contributed by atoms with van der Waals surface area (Å²) < 4.78 is 34.4. The third kappa shape index (κ3) is 13.6. The van der Waals surface area contributed by atoms with Gasteiger partial charge >= 0.3 is 29.8 Å². The van der Waals surface area contributed by atoms with Gasteiger partial charge in [-0.3, -0.25) is 19.2 Å². The third-order valence-electron chi connectivity index (χ3n) is 11.9. The molecule has 14 nitrogen and oxygen atoms in total. The lowest BCUT2D eigenvalue weighted by atomic mass is 9.82. The lowest BCUT2D eigenvalue weighted by Gasteiger charge is -2.26. The molecular formula is C52H55N3O11S. The average molecular weight is 930 g/mol. The molecule has 1 aromatic heterocycles. The Morgan fingerprint density at radius 2 is 1.21 bits per heavy atom. The van der Waals surface area contributed by atoms with Gasteiger partial charge in [0.2, 0.25) is 5.13 Å². The zero-order chi connectivity index (χ0) is 47.0. The summed E-state index contributed by atoms with van der Waals surface area (Å²) in [6, 6.07) is 29.1. The second-order valence-corrected chi connectivity index (χ2v) is 17.6. The van der Waals surface area contributed by atoms with Crippen LogP contribution in [0.2, 0.25) is 0 Å². The molecule has 0 N–H and O–H groups in total. The van der Waals surface area contributed by atoms with Crippen LogP contribution in [0.4, 0.5) is 10.8 Å². The molecule has 4 aromatic carbocycles. The quantitative estimate of drug-likeness (QED) is 0.0181. The Bertz CT molecular complexity index is 2480. The van der Waals surface area contributed by atoms with Crippen LogP contribution in [-0.4, -0.2) is 61.4 Å². The molecule has 2 aliphatic carbocycles. The molecule has 0 bridgehead atoms. The van der Waals surface area contributed by atoms with Crippen LogP contribution in [0.1, 0.15) is 82.6 Å². The molecule has 2 saturated carbocycles. The van der Waals surface area contributed by atoms with Crippen molar-refractivity contribution < 1.29 is 52.4 Å². The van der Waals surface area contributed by atoms with Crippen LogP contribution in [0.15, 0.2) is 115 Å². The summed E-state index contributed by atoms with van der Waals surface area (Å²) in [6.07, 6.45) is 10.1. The number of carbonyl (C=O) groups excluding carboxylic acids is 5. The Morgan fingerprint density at radius 1 is 0.657 bits per heavy atom. The molecule has 15 heteroatoms. The number of para-hydroxylation sites is 2. The van der Waals surface area contributed by atoms with Gasteiger partial charge in [-0.25, -0.2) is 14.8 Å². The summed E-state index contributed by atoms with van der Waals surface area (Å²) in [4.78, 5) is 68.4. The van der Waals surface area contributed by atoms with Gasteiger partial charge in [-0.05, 0) is 144 Å². The van der Waals surface area contributed by atoms with Gasteiger partial charge < -0.3 is 28.4 Å². The molecule has 0 amide bonds. The Balaban J connectivity index is 0.959. The SMILES string of the molecule is C=CC(=O)OCCCCCCOc1ccc(OC(=O)C2CCC(C(=O)Oc3ccc(OC(=O)C4CCC(C(=O)OC)CC4)c(C=NN(c4ccccc4)c4nc5ccccc5s4)c3)CC2)cc1. The number of benzene rings is 4. The fraction of sp³-hybridized carbons (Fsp3) is 0.365. The Kier molecular flexibility index (Phi) is 17.3. The lowest BCUT2D eigenvalue weighted by molar-refractivity contribution is -0.149. The van der Waals surface area contributed by atoms with Gasteiger partial charge in [0.15, 0.2) is 0 Å². The number of hydrogen-bond donors (Lipinski definition) is 0. The van der Waals surface area contributed by atoms with Gasteiger partial charge in [-0.15, -0.1) is 0 Å². The van der Waals surface area contributed by atoms with Crippen molar-refractivity contribution in [3.05, 3.63) is 115 Å². The number of carbonyl (C=O) groups is 5. The van der Waals surface area contributed by atoms with Crippen molar-refractivity contribution in [1.29, 1.82) is 0 Å². The molecule has 0 saturated heterocycles. The number of aromatic nitrogens is 1. The van der Waals surface area contributed by atoms with Gasteiger partial charge in [0.25, 0.3) is 0 Å². The van der Waals surface area contributed by atoms with Gasteiger partial charge in [-0.1, -0.05) is 48.2 Å². The molecule has 0 unspecified atom stereocenters.